The number of carbonyl (C=O) groups excluding carboxylic acids is 1. The molecule has 4 aromatic heterocycles. The Morgan fingerprint density at radius 2 is 2.12 bits per heavy atom. The summed E-state index contributed by atoms with van der Waals surface area (Å²) in [5.41, 5.74) is 2.31. The van der Waals surface area contributed by atoms with E-state index in [4.69, 9.17) is 8.83 Å². The van der Waals surface area contributed by atoms with Gasteiger partial charge in [-0.15, -0.1) is 10.2 Å². The monoisotopic (exact) mass is 433 g/mol. The lowest BCUT2D eigenvalue weighted by Crippen LogP contribution is -2.41. The number of hydrogen-bond donors (Lipinski definition) is 1. The predicted octanol–water partition coefficient (Wildman–Crippen LogP) is 2.87. The normalized spacial score (nSPS) is 15.9. The van der Waals surface area contributed by atoms with Crippen LogP contribution in [-0.4, -0.2) is 47.1 Å². The van der Waals surface area contributed by atoms with E-state index in [2.05, 4.69) is 25.1 Å². The Labute approximate surface area is 179 Å². The summed E-state index contributed by atoms with van der Waals surface area (Å²) in [5.74, 6) is -1.09. The molecule has 6 rings (SSSR count). The summed E-state index contributed by atoms with van der Waals surface area (Å²) in [6, 6.07) is 5.93. The molecule has 0 fully saturated rings. The van der Waals surface area contributed by atoms with E-state index < -0.39 is 17.8 Å². The second kappa shape index (κ2) is 6.87. The molecule has 0 radical (unpaired) electrons. The van der Waals surface area contributed by atoms with Crippen LogP contribution in [-0.2, 0) is 13.5 Å². The molecule has 32 heavy (non-hydrogen) atoms. The van der Waals surface area contributed by atoms with E-state index in [1.165, 1.54) is 11.2 Å². The Morgan fingerprint density at radius 3 is 2.94 bits per heavy atom. The average molecular weight is 433 g/mol. The number of aromatic amines is 1. The van der Waals surface area contributed by atoms with Crippen molar-refractivity contribution in [2.24, 2.45) is 7.05 Å². The van der Waals surface area contributed by atoms with Gasteiger partial charge in [0, 0.05) is 25.7 Å². The molecule has 0 spiro atoms. The fraction of sp³-hybridized carbons (Fsp3) is 0.190. The van der Waals surface area contributed by atoms with Gasteiger partial charge in [-0.25, -0.2) is 14.4 Å². The van der Waals surface area contributed by atoms with Gasteiger partial charge in [-0.05, 0) is 12.1 Å². The van der Waals surface area contributed by atoms with E-state index in [0.717, 1.165) is 5.69 Å². The van der Waals surface area contributed by atoms with Crippen molar-refractivity contribution in [2.45, 2.75) is 12.5 Å². The first-order valence-corrected chi connectivity index (χ1v) is 9.92. The van der Waals surface area contributed by atoms with Crippen molar-refractivity contribution in [3.05, 3.63) is 72.0 Å². The van der Waals surface area contributed by atoms with E-state index in [1.54, 1.807) is 48.4 Å². The first-order chi connectivity index (χ1) is 15.6. The molecule has 11 heteroatoms. The van der Waals surface area contributed by atoms with Crippen LogP contribution in [0.15, 0.2) is 52.0 Å². The summed E-state index contributed by atoms with van der Waals surface area (Å²) in [6.07, 6.45) is 5.19. The van der Waals surface area contributed by atoms with Gasteiger partial charge < -0.3 is 23.3 Å². The fourth-order valence-electron chi connectivity index (χ4n) is 4.07. The van der Waals surface area contributed by atoms with Crippen LogP contribution in [0, 0.1) is 5.82 Å². The number of benzene rings is 1. The van der Waals surface area contributed by atoms with E-state index in [9.17, 15) is 4.79 Å². The maximum absolute atomic E-state index is 15.4. The van der Waals surface area contributed by atoms with E-state index in [0.29, 0.717) is 35.3 Å². The van der Waals surface area contributed by atoms with Crippen molar-refractivity contribution in [3.63, 3.8) is 0 Å². The molecule has 10 nitrogen and oxygen atoms in total. The summed E-state index contributed by atoms with van der Waals surface area (Å²) >= 11 is 0. The van der Waals surface area contributed by atoms with Crippen LogP contribution in [0.25, 0.3) is 22.6 Å². The second-order valence-electron chi connectivity index (χ2n) is 7.50. The minimum Gasteiger partial charge on any atom is -0.455 e. The van der Waals surface area contributed by atoms with E-state index >= 15 is 4.39 Å². The van der Waals surface area contributed by atoms with Gasteiger partial charge in [0.1, 0.15) is 17.3 Å². The third kappa shape index (κ3) is 2.67. The molecule has 1 aliphatic rings. The second-order valence-corrected chi connectivity index (χ2v) is 7.50. The first kappa shape index (κ1) is 18.5. The van der Waals surface area contributed by atoms with Crippen LogP contribution >= 0.6 is 0 Å². The summed E-state index contributed by atoms with van der Waals surface area (Å²) < 4.78 is 28.6. The van der Waals surface area contributed by atoms with Gasteiger partial charge in [-0.3, -0.25) is 4.79 Å². The number of carbonyl (C=O) groups is 1. The van der Waals surface area contributed by atoms with Crippen LogP contribution in [0.3, 0.4) is 0 Å². The molecule has 0 unspecified atom stereocenters. The van der Waals surface area contributed by atoms with Crippen LogP contribution < -0.4 is 0 Å². The topological polar surface area (TPSA) is 119 Å². The van der Waals surface area contributed by atoms with Crippen LogP contribution in [0.1, 0.15) is 33.9 Å². The molecule has 5 aromatic rings. The Kier molecular flexibility index (Phi) is 3.97. The number of aryl methyl sites for hydroxylation is 1. The molecule has 1 amide bonds. The molecular formula is C21H16FN7O3. The zero-order valence-electron chi connectivity index (χ0n) is 16.8. The summed E-state index contributed by atoms with van der Waals surface area (Å²) in [4.78, 5) is 26.3. The zero-order chi connectivity index (χ0) is 21.8. The predicted molar refractivity (Wildman–Crippen MR) is 108 cm³/mol. The van der Waals surface area contributed by atoms with E-state index in [1.807, 2.05) is 0 Å². The number of furan rings is 1. The number of fused-ring (bicyclic) bond motifs is 2. The standard InChI is InChI=1S/C21H16FN7O3/c1-28-10-23-8-13(28)19-26-27-20(32-19)21(30)29-7-6-12-16(25-9-24-12)17(29)18-15(22)11-4-2-3-5-14(11)31-18/h2-5,8-10,17H,6-7H2,1H3,(H,24,25)/t17-/m1/s1. The van der Waals surface area contributed by atoms with Gasteiger partial charge in [-0.1, -0.05) is 12.1 Å². The fourth-order valence-corrected chi connectivity index (χ4v) is 4.07. The third-order valence-corrected chi connectivity index (χ3v) is 5.64. The van der Waals surface area contributed by atoms with Gasteiger partial charge >= 0.3 is 11.8 Å². The van der Waals surface area contributed by atoms with Crippen molar-refractivity contribution in [3.8, 4) is 11.6 Å². The maximum Gasteiger partial charge on any atom is 0.312 e. The number of H-pyrrole nitrogens is 1. The quantitative estimate of drug-likeness (QED) is 0.465. The summed E-state index contributed by atoms with van der Waals surface area (Å²) in [7, 11) is 1.78. The smallest absolute Gasteiger partial charge is 0.312 e. The highest BCUT2D eigenvalue weighted by atomic mass is 19.1. The van der Waals surface area contributed by atoms with E-state index in [-0.39, 0.29) is 17.5 Å². The average Bonchev–Trinajstić information content (AvgIpc) is 3.59. The molecule has 0 aliphatic carbocycles. The molecule has 0 bridgehead atoms. The highest BCUT2D eigenvalue weighted by molar-refractivity contribution is 5.90. The number of hydrogen-bond acceptors (Lipinski definition) is 7. The molecule has 0 saturated heterocycles. The zero-order valence-corrected chi connectivity index (χ0v) is 16.8. The summed E-state index contributed by atoms with van der Waals surface area (Å²) in [5, 5.41) is 8.24. The molecule has 160 valence electrons. The van der Waals surface area contributed by atoms with Gasteiger partial charge in [-0.2, -0.15) is 0 Å². The van der Waals surface area contributed by atoms with Gasteiger partial charge in [0.05, 0.1) is 29.9 Å². The molecule has 1 aliphatic heterocycles. The van der Waals surface area contributed by atoms with Gasteiger partial charge in [0.25, 0.3) is 5.89 Å². The molecule has 1 aromatic carbocycles. The lowest BCUT2D eigenvalue weighted by molar-refractivity contribution is 0.0628. The number of amides is 1. The number of halogens is 1. The Hall–Kier alpha value is -4.28. The maximum atomic E-state index is 15.4. The largest absolute Gasteiger partial charge is 0.455 e. The summed E-state index contributed by atoms with van der Waals surface area (Å²) in [6.45, 7) is 0.290. The number of aromatic nitrogens is 6. The van der Waals surface area contributed by atoms with Crippen molar-refractivity contribution in [1.29, 1.82) is 0 Å². The molecule has 1 atom stereocenters. The lowest BCUT2D eigenvalue weighted by Gasteiger charge is -2.32. The van der Waals surface area contributed by atoms with Crippen LogP contribution in [0.4, 0.5) is 4.39 Å². The highest BCUT2D eigenvalue weighted by Gasteiger charge is 2.40. The molecule has 1 N–H and O–H groups in total. The SMILES string of the molecule is Cn1cncc1-c1nnc(C(=O)N2CCc3[nH]cnc3[C@@H]2c2oc3ccccc3c2F)o1. The minimum atomic E-state index is -0.878. The third-order valence-electron chi connectivity index (χ3n) is 5.64. The van der Waals surface area contributed by atoms with Gasteiger partial charge in [0.15, 0.2) is 11.6 Å². The number of para-hydroxylation sites is 1. The highest BCUT2D eigenvalue weighted by Crippen LogP contribution is 2.39. The number of imidazole rings is 2. The number of nitrogens with one attached hydrogen (secondary N) is 1. The Bertz CT molecular complexity index is 1460. The van der Waals surface area contributed by atoms with Crippen molar-refractivity contribution < 1.29 is 18.0 Å². The first-order valence-electron chi connectivity index (χ1n) is 9.92. The Morgan fingerprint density at radius 1 is 1.25 bits per heavy atom. The lowest BCUT2D eigenvalue weighted by atomic mass is 9.99. The van der Waals surface area contributed by atoms with Crippen molar-refractivity contribution in [1.82, 2.24) is 34.6 Å². The molecule has 5 heterocycles. The Balaban J connectivity index is 1.44. The van der Waals surface area contributed by atoms with Gasteiger partial charge in [0.2, 0.25) is 0 Å². The number of rotatable bonds is 3. The van der Waals surface area contributed by atoms with Crippen LogP contribution in [0.5, 0.6) is 0 Å². The van der Waals surface area contributed by atoms with Crippen molar-refractivity contribution >= 4 is 16.9 Å². The molecule has 0 saturated carbocycles. The molecular weight excluding hydrogens is 417 g/mol. The minimum absolute atomic E-state index is 0.0129. The van der Waals surface area contributed by atoms with Crippen LogP contribution in [0.2, 0.25) is 0 Å². The van der Waals surface area contributed by atoms with Crippen molar-refractivity contribution in [2.75, 3.05) is 6.54 Å². The number of nitrogens with zero attached hydrogens (tertiary/aromatic N) is 6.